The fourth-order valence-corrected chi connectivity index (χ4v) is 5.02. The molecule has 2 atom stereocenters. The van der Waals surface area contributed by atoms with Crippen LogP contribution in [0.3, 0.4) is 0 Å². The molecule has 4 nitrogen and oxygen atoms in total. The van der Waals surface area contributed by atoms with Gasteiger partial charge in [0.2, 0.25) is 0 Å². The van der Waals surface area contributed by atoms with E-state index in [1.54, 1.807) is 6.20 Å². The molecule has 2 fully saturated rings. The number of nitrogens with zero attached hydrogens (tertiary/aromatic N) is 2. The summed E-state index contributed by atoms with van der Waals surface area (Å²) in [5, 5.41) is 0.949. The van der Waals surface area contributed by atoms with E-state index in [0.717, 1.165) is 28.9 Å². The Labute approximate surface area is 128 Å². The maximum atomic E-state index is 12.8. The van der Waals surface area contributed by atoms with E-state index in [4.69, 9.17) is 5.73 Å². The molecule has 4 rings (SSSR count). The summed E-state index contributed by atoms with van der Waals surface area (Å²) in [7, 11) is 0. The summed E-state index contributed by atoms with van der Waals surface area (Å²) in [6, 6.07) is 1.94. The Bertz CT molecular complexity index is 712. The second-order valence-corrected chi connectivity index (χ2v) is 7.31. The van der Waals surface area contributed by atoms with Crippen LogP contribution < -0.4 is 5.73 Å². The molecule has 110 valence electrons. The molecule has 1 saturated carbocycles. The van der Waals surface area contributed by atoms with Crippen molar-refractivity contribution in [3.8, 4) is 0 Å². The van der Waals surface area contributed by atoms with E-state index < -0.39 is 0 Å². The molecule has 1 aliphatic heterocycles. The average Bonchev–Trinajstić information content (AvgIpc) is 3.11. The van der Waals surface area contributed by atoms with Crippen molar-refractivity contribution in [1.29, 1.82) is 0 Å². The summed E-state index contributed by atoms with van der Waals surface area (Å²) in [5.74, 6) is 1.53. The first-order valence-corrected chi connectivity index (χ1v) is 8.39. The number of rotatable bonds is 1. The molecular weight excluding hydrogens is 282 g/mol. The number of fused-ring (bicyclic) bond motifs is 2. The van der Waals surface area contributed by atoms with Crippen LogP contribution in [0.15, 0.2) is 12.3 Å². The summed E-state index contributed by atoms with van der Waals surface area (Å²) in [5.41, 5.74) is 7.95. The van der Waals surface area contributed by atoms with Gasteiger partial charge in [-0.15, -0.1) is 11.3 Å². The van der Waals surface area contributed by atoms with Gasteiger partial charge in [0.15, 0.2) is 0 Å². The van der Waals surface area contributed by atoms with Crippen LogP contribution in [0.25, 0.3) is 10.2 Å². The number of pyridine rings is 1. The van der Waals surface area contributed by atoms with Crippen molar-refractivity contribution >= 4 is 33.1 Å². The van der Waals surface area contributed by atoms with Gasteiger partial charge in [-0.3, -0.25) is 4.79 Å². The van der Waals surface area contributed by atoms with Crippen molar-refractivity contribution in [3.05, 3.63) is 22.7 Å². The Kier molecular flexibility index (Phi) is 2.92. The molecule has 5 heteroatoms. The third-order valence-electron chi connectivity index (χ3n) is 5.04. The molecule has 2 N–H and O–H groups in total. The van der Waals surface area contributed by atoms with Crippen LogP contribution in [-0.4, -0.2) is 28.9 Å². The molecule has 21 heavy (non-hydrogen) atoms. The van der Waals surface area contributed by atoms with Gasteiger partial charge in [-0.1, -0.05) is 6.42 Å². The highest BCUT2D eigenvalue weighted by atomic mass is 32.1. The fraction of sp³-hybridized carbons (Fsp3) is 0.500. The van der Waals surface area contributed by atoms with E-state index in [0.29, 0.717) is 22.4 Å². The van der Waals surface area contributed by atoms with Crippen LogP contribution in [0, 0.1) is 18.8 Å². The predicted molar refractivity (Wildman–Crippen MR) is 85.5 cm³/mol. The van der Waals surface area contributed by atoms with Crippen LogP contribution in [0.4, 0.5) is 5.69 Å². The standard InChI is InChI=1S/C16H19N3OS/c1-9-5-6-18-15-12(9)13(17)14(21-15)16(20)19-7-10-3-2-4-11(10)8-19/h5-6,10-11H,2-4,7-8,17H2,1H3. The number of hydrogen-bond acceptors (Lipinski definition) is 4. The van der Waals surface area contributed by atoms with Crippen LogP contribution in [-0.2, 0) is 0 Å². The average molecular weight is 301 g/mol. The number of likely N-dealkylation sites (tertiary alicyclic amines) is 1. The summed E-state index contributed by atoms with van der Waals surface area (Å²) in [6.07, 6.45) is 5.65. The van der Waals surface area contributed by atoms with Gasteiger partial charge >= 0.3 is 0 Å². The lowest BCUT2D eigenvalue weighted by molar-refractivity contribution is 0.0786. The summed E-state index contributed by atoms with van der Waals surface area (Å²) in [4.78, 5) is 20.7. The minimum Gasteiger partial charge on any atom is -0.397 e. The number of anilines is 1. The zero-order chi connectivity index (χ0) is 14.6. The number of aromatic nitrogens is 1. The van der Waals surface area contributed by atoms with Crippen LogP contribution in [0.5, 0.6) is 0 Å². The number of carbonyl (C=O) groups excluding carboxylic acids is 1. The number of hydrogen-bond donors (Lipinski definition) is 1. The highest BCUT2D eigenvalue weighted by Gasteiger charge is 2.39. The highest BCUT2D eigenvalue weighted by Crippen LogP contribution is 2.40. The van der Waals surface area contributed by atoms with Crippen molar-refractivity contribution in [2.75, 3.05) is 18.8 Å². The minimum atomic E-state index is 0.101. The summed E-state index contributed by atoms with van der Waals surface area (Å²) in [6.45, 7) is 3.83. The van der Waals surface area contributed by atoms with Gasteiger partial charge in [-0.2, -0.15) is 0 Å². The van der Waals surface area contributed by atoms with Gasteiger partial charge in [-0.25, -0.2) is 4.98 Å². The lowest BCUT2D eigenvalue weighted by atomic mass is 10.0. The molecule has 0 radical (unpaired) electrons. The lowest BCUT2D eigenvalue weighted by Crippen LogP contribution is -2.29. The van der Waals surface area contributed by atoms with Crippen molar-refractivity contribution in [1.82, 2.24) is 9.88 Å². The maximum Gasteiger partial charge on any atom is 0.266 e. The van der Waals surface area contributed by atoms with Gasteiger partial charge in [0.05, 0.1) is 5.69 Å². The van der Waals surface area contributed by atoms with E-state index in [1.807, 2.05) is 17.9 Å². The highest BCUT2D eigenvalue weighted by molar-refractivity contribution is 7.21. The first-order chi connectivity index (χ1) is 10.1. The van der Waals surface area contributed by atoms with Crippen LogP contribution in [0.2, 0.25) is 0 Å². The Morgan fingerprint density at radius 2 is 2.10 bits per heavy atom. The monoisotopic (exact) mass is 301 g/mol. The SMILES string of the molecule is Cc1ccnc2sc(C(=O)N3CC4CCCC4C3)c(N)c12. The molecule has 1 saturated heterocycles. The Balaban J connectivity index is 1.69. The molecular formula is C16H19N3OS. The van der Waals surface area contributed by atoms with Crippen LogP contribution >= 0.6 is 11.3 Å². The second-order valence-electron chi connectivity index (χ2n) is 6.31. The van der Waals surface area contributed by atoms with Gasteiger partial charge < -0.3 is 10.6 Å². The van der Waals surface area contributed by atoms with E-state index in [2.05, 4.69) is 4.98 Å². The van der Waals surface area contributed by atoms with Gasteiger partial charge in [0, 0.05) is 24.7 Å². The smallest absolute Gasteiger partial charge is 0.266 e. The quantitative estimate of drug-likeness (QED) is 0.880. The molecule has 2 aromatic heterocycles. The minimum absolute atomic E-state index is 0.101. The van der Waals surface area contributed by atoms with Crippen molar-refractivity contribution in [2.24, 2.45) is 11.8 Å². The predicted octanol–water partition coefficient (Wildman–Crippen LogP) is 3.06. The number of amides is 1. The summed E-state index contributed by atoms with van der Waals surface area (Å²) >= 11 is 1.43. The zero-order valence-electron chi connectivity index (χ0n) is 12.1. The normalized spacial score (nSPS) is 24.7. The zero-order valence-corrected chi connectivity index (χ0v) is 12.9. The number of nitrogens with two attached hydrogens (primary N) is 1. The number of carbonyl (C=O) groups is 1. The molecule has 2 unspecified atom stereocenters. The van der Waals surface area contributed by atoms with E-state index in [1.165, 1.54) is 30.6 Å². The van der Waals surface area contributed by atoms with Gasteiger partial charge in [0.1, 0.15) is 9.71 Å². The van der Waals surface area contributed by atoms with Gasteiger partial charge in [-0.05, 0) is 43.2 Å². The van der Waals surface area contributed by atoms with Crippen molar-refractivity contribution in [3.63, 3.8) is 0 Å². The first-order valence-electron chi connectivity index (χ1n) is 7.58. The number of thiophene rings is 1. The van der Waals surface area contributed by atoms with E-state index in [-0.39, 0.29) is 5.91 Å². The molecule has 0 bridgehead atoms. The molecule has 3 heterocycles. The van der Waals surface area contributed by atoms with Crippen molar-refractivity contribution < 1.29 is 4.79 Å². The molecule has 1 amide bonds. The number of nitrogen functional groups attached to an aromatic ring is 1. The fourth-order valence-electron chi connectivity index (χ4n) is 3.91. The topological polar surface area (TPSA) is 59.2 Å². The molecule has 2 aliphatic rings. The Hall–Kier alpha value is -1.62. The van der Waals surface area contributed by atoms with E-state index in [9.17, 15) is 4.79 Å². The lowest BCUT2D eigenvalue weighted by Gasteiger charge is -2.16. The van der Waals surface area contributed by atoms with Crippen molar-refractivity contribution in [2.45, 2.75) is 26.2 Å². The maximum absolute atomic E-state index is 12.8. The Morgan fingerprint density at radius 1 is 1.38 bits per heavy atom. The third-order valence-corrected chi connectivity index (χ3v) is 6.15. The molecule has 0 aromatic carbocycles. The largest absolute Gasteiger partial charge is 0.397 e. The summed E-state index contributed by atoms with van der Waals surface area (Å²) < 4.78 is 0. The van der Waals surface area contributed by atoms with Crippen LogP contribution in [0.1, 0.15) is 34.5 Å². The first kappa shape index (κ1) is 13.1. The van der Waals surface area contributed by atoms with E-state index >= 15 is 0 Å². The number of aryl methyl sites for hydroxylation is 1. The van der Waals surface area contributed by atoms with Gasteiger partial charge in [0.25, 0.3) is 5.91 Å². The second kappa shape index (κ2) is 4.70. The molecule has 1 aliphatic carbocycles. The Morgan fingerprint density at radius 3 is 2.76 bits per heavy atom. The molecule has 0 spiro atoms. The third kappa shape index (κ3) is 1.94. The molecule has 2 aromatic rings.